The van der Waals surface area contributed by atoms with Gasteiger partial charge in [0.05, 0.1) is 32.0 Å². The number of hydrogen-bond donors (Lipinski definition) is 5. The second-order valence-corrected chi connectivity index (χ2v) is 6.16. The quantitative estimate of drug-likeness (QED) is 0.0936. The van der Waals surface area contributed by atoms with Crippen molar-refractivity contribution in [2.24, 2.45) is 0 Å². The highest BCUT2D eigenvalue weighted by atomic mass is 16.7. The Labute approximate surface area is 160 Å². The number of aliphatic hydroxyl groups excluding tert-OH is 3. The number of carbonyl (C=O) groups is 1. The molecule has 0 radical (unpaired) electrons. The monoisotopic (exact) mass is 397 g/mol. The van der Waals surface area contributed by atoms with Crippen LogP contribution in [0.5, 0.6) is 0 Å². The van der Waals surface area contributed by atoms with Crippen molar-refractivity contribution in [3.05, 3.63) is 0 Å². The molecule has 0 aromatic carbocycles. The lowest BCUT2D eigenvalue weighted by molar-refractivity contribution is -0.147. The number of rotatable bonds is 18. The van der Waals surface area contributed by atoms with Gasteiger partial charge < -0.3 is 44.9 Å². The fraction of sp³-hybridized carbons (Fsp3) is 0.938. The molecule has 27 heavy (non-hydrogen) atoms. The number of ether oxygens (including phenoxy) is 4. The molecule has 3 atom stereocenters. The predicted molar refractivity (Wildman–Crippen MR) is 96.8 cm³/mol. The van der Waals surface area contributed by atoms with Crippen LogP contribution >= 0.6 is 0 Å². The highest BCUT2D eigenvalue weighted by molar-refractivity contribution is 5.65. The Morgan fingerprint density at radius 1 is 0.926 bits per heavy atom. The van der Waals surface area contributed by atoms with Crippen LogP contribution in [0.1, 0.15) is 6.92 Å². The van der Waals surface area contributed by atoms with Gasteiger partial charge >= 0.3 is 5.97 Å². The Kier molecular flexibility index (Phi) is 16.7. The maximum absolute atomic E-state index is 10.6. The van der Waals surface area contributed by atoms with Gasteiger partial charge in [-0.25, -0.2) is 0 Å². The van der Waals surface area contributed by atoms with Crippen LogP contribution in [0.3, 0.4) is 0 Å². The third kappa shape index (κ3) is 18.2. The number of methoxy groups -OCH3 is 1. The smallest absolute Gasteiger partial charge is 0.302 e. The fourth-order valence-corrected chi connectivity index (χ4v) is 1.90. The molecule has 11 nitrogen and oxygen atoms in total. The van der Waals surface area contributed by atoms with E-state index in [4.69, 9.17) is 14.2 Å². The standard InChI is InChI=1S/C16H35N3O8/c1-13(20)27-9-16(23)8-26-12-25-7-15(22)5-18-11-19(2)10-17-4-14(21)6-24-3/h14-18,21-23H,4-12H2,1-3H3. The van der Waals surface area contributed by atoms with E-state index >= 15 is 0 Å². The van der Waals surface area contributed by atoms with E-state index in [9.17, 15) is 20.1 Å². The lowest BCUT2D eigenvalue weighted by Gasteiger charge is -2.20. The normalized spacial score (nSPS) is 14.9. The minimum absolute atomic E-state index is 0.0293. The maximum Gasteiger partial charge on any atom is 0.302 e. The Morgan fingerprint density at radius 2 is 1.44 bits per heavy atom. The summed E-state index contributed by atoms with van der Waals surface area (Å²) in [5.41, 5.74) is 0. The van der Waals surface area contributed by atoms with Crippen molar-refractivity contribution in [1.29, 1.82) is 0 Å². The minimum Gasteiger partial charge on any atom is -0.463 e. The Hall–Kier alpha value is -0.890. The molecule has 0 aliphatic rings. The summed E-state index contributed by atoms with van der Waals surface area (Å²) in [6, 6.07) is 0. The summed E-state index contributed by atoms with van der Waals surface area (Å²) in [6.45, 7) is 3.28. The molecule has 3 unspecified atom stereocenters. The fourth-order valence-electron chi connectivity index (χ4n) is 1.90. The number of nitrogens with one attached hydrogen (secondary N) is 2. The van der Waals surface area contributed by atoms with Gasteiger partial charge in [0, 0.05) is 40.5 Å². The van der Waals surface area contributed by atoms with Gasteiger partial charge in [-0.05, 0) is 7.05 Å². The van der Waals surface area contributed by atoms with Gasteiger partial charge in [0.15, 0.2) is 0 Å². The van der Waals surface area contributed by atoms with Gasteiger partial charge in [0.25, 0.3) is 0 Å². The van der Waals surface area contributed by atoms with Crippen LogP contribution in [-0.4, -0.2) is 118 Å². The van der Waals surface area contributed by atoms with Gasteiger partial charge in [0.1, 0.15) is 19.5 Å². The van der Waals surface area contributed by atoms with Crippen molar-refractivity contribution in [2.45, 2.75) is 25.2 Å². The molecule has 162 valence electrons. The van der Waals surface area contributed by atoms with Crippen molar-refractivity contribution < 1.29 is 39.1 Å². The third-order valence-electron chi connectivity index (χ3n) is 3.15. The zero-order chi connectivity index (χ0) is 20.5. The number of hydrogen-bond acceptors (Lipinski definition) is 11. The number of carbonyl (C=O) groups excluding carboxylic acids is 1. The van der Waals surface area contributed by atoms with Crippen LogP contribution in [-0.2, 0) is 23.7 Å². The van der Waals surface area contributed by atoms with Crippen LogP contribution in [0.25, 0.3) is 0 Å². The SMILES string of the molecule is COCC(O)CNCN(C)CNCC(O)COCOCC(O)COC(C)=O. The van der Waals surface area contributed by atoms with Crippen LogP contribution < -0.4 is 10.6 Å². The molecule has 0 rings (SSSR count). The molecule has 5 N–H and O–H groups in total. The first-order valence-corrected chi connectivity index (χ1v) is 8.77. The first-order chi connectivity index (χ1) is 12.8. The van der Waals surface area contributed by atoms with E-state index in [1.165, 1.54) is 14.0 Å². The van der Waals surface area contributed by atoms with E-state index in [2.05, 4.69) is 15.4 Å². The molecule has 0 aromatic rings. The minimum atomic E-state index is -0.913. The predicted octanol–water partition coefficient (Wildman–Crippen LogP) is -2.70. The van der Waals surface area contributed by atoms with E-state index < -0.39 is 24.3 Å². The molecular weight excluding hydrogens is 362 g/mol. The Balaban J connectivity index is 3.50. The third-order valence-corrected chi connectivity index (χ3v) is 3.15. The molecule has 0 aliphatic carbocycles. The highest BCUT2D eigenvalue weighted by Gasteiger charge is 2.08. The summed E-state index contributed by atoms with van der Waals surface area (Å²) in [4.78, 5) is 12.5. The van der Waals surface area contributed by atoms with Crippen LogP contribution in [0.15, 0.2) is 0 Å². The second-order valence-electron chi connectivity index (χ2n) is 6.16. The van der Waals surface area contributed by atoms with E-state index in [0.29, 0.717) is 26.4 Å². The zero-order valence-corrected chi connectivity index (χ0v) is 16.4. The summed E-state index contributed by atoms with van der Waals surface area (Å²) in [6.07, 6.45) is -2.16. The number of aliphatic hydroxyl groups is 3. The Bertz CT molecular complexity index is 365. The van der Waals surface area contributed by atoms with Gasteiger partial charge in [-0.15, -0.1) is 0 Å². The molecular formula is C16H35N3O8. The molecule has 0 fully saturated rings. The van der Waals surface area contributed by atoms with Crippen LogP contribution in [0.4, 0.5) is 0 Å². The Morgan fingerprint density at radius 3 is 1.96 bits per heavy atom. The van der Waals surface area contributed by atoms with Crippen molar-refractivity contribution >= 4 is 5.97 Å². The summed E-state index contributed by atoms with van der Waals surface area (Å²) in [5.74, 6) is -0.467. The lowest BCUT2D eigenvalue weighted by atomic mass is 10.4. The maximum atomic E-state index is 10.6. The van der Waals surface area contributed by atoms with Crippen molar-refractivity contribution in [3.8, 4) is 0 Å². The molecule has 0 amide bonds. The van der Waals surface area contributed by atoms with Gasteiger partial charge in [0.2, 0.25) is 0 Å². The molecule has 0 aromatic heterocycles. The average Bonchev–Trinajstić information content (AvgIpc) is 2.60. The van der Waals surface area contributed by atoms with Crippen molar-refractivity contribution in [1.82, 2.24) is 15.5 Å². The summed E-state index contributed by atoms with van der Waals surface area (Å²) < 4.78 is 19.7. The van der Waals surface area contributed by atoms with E-state index in [1.807, 2.05) is 11.9 Å². The summed E-state index contributed by atoms with van der Waals surface area (Å²) in [7, 11) is 3.43. The largest absolute Gasteiger partial charge is 0.463 e. The first-order valence-electron chi connectivity index (χ1n) is 8.77. The van der Waals surface area contributed by atoms with Crippen LogP contribution in [0, 0.1) is 0 Å². The van der Waals surface area contributed by atoms with Gasteiger partial charge in [-0.3, -0.25) is 9.69 Å². The van der Waals surface area contributed by atoms with Gasteiger partial charge in [-0.2, -0.15) is 0 Å². The van der Waals surface area contributed by atoms with Gasteiger partial charge in [-0.1, -0.05) is 0 Å². The molecule has 0 saturated carbocycles. The molecule has 0 spiro atoms. The molecule has 11 heteroatoms. The second kappa shape index (κ2) is 17.2. The molecule has 0 heterocycles. The highest BCUT2D eigenvalue weighted by Crippen LogP contribution is 1.91. The van der Waals surface area contributed by atoms with E-state index in [1.54, 1.807) is 0 Å². The molecule has 0 aliphatic heterocycles. The van der Waals surface area contributed by atoms with Crippen molar-refractivity contribution in [3.63, 3.8) is 0 Å². The first kappa shape index (κ1) is 26.1. The summed E-state index contributed by atoms with van der Waals surface area (Å²) >= 11 is 0. The average molecular weight is 397 g/mol. The van der Waals surface area contributed by atoms with Crippen LogP contribution in [0.2, 0.25) is 0 Å². The molecule has 0 saturated heterocycles. The molecule has 0 bridgehead atoms. The summed E-state index contributed by atoms with van der Waals surface area (Å²) in [5, 5.41) is 34.9. The number of nitrogens with zero attached hydrogens (tertiary/aromatic N) is 1. The van der Waals surface area contributed by atoms with E-state index in [0.717, 1.165) is 0 Å². The van der Waals surface area contributed by atoms with E-state index in [-0.39, 0.29) is 33.2 Å². The van der Waals surface area contributed by atoms with Crippen molar-refractivity contribution in [2.75, 3.05) is 73.8 Å². The lowest BCUT2D eigenvalue weighted by Crippen LogP contribution is -2.43. The topological polar surface area (TPSA) is 142 Å². The number of esters is 1. The zero-order valence-electron chi connectivity index (χ0n) is 16.4.